The van der Waals surface area contributed by atoms with Crippen molar-refractivity contribution in [2.24, 2.45) is 0 Å². The van der Waals surface area contributed by atoms with Crippen LogP contribution < -0.4 is 14.8 Å². The number of nitrogens with zero attached hydrogens (tertiary/aromatic N) is 7. The maximum Gasteiger partial charge on any atom is 0.410 e. The zero-order chi connectivity index (χ0) is 29.7. The Bertz CT molecular complexity index is 1640. The van der Waals surface area contributed by atoms with Crippen LogP contribution in [-0.2, 0) is 15.9 Å². The number of aromatic nitrogens is 6. The minimum atomic E-state index is -0.504. The SMILES string of the molecule is CC(C)(C)OC(=O)N1CCC2(CC1)Oc1ncccc1-n1nccc12.Cl.Cl.c1cnc2c(c1)-n1nccc1C1(CCNCC1)O2. The zero-order valence-corrected chi connectivity index (χ0v) is 27.1. The first-order valence-corrected chi connectivity index (χ1v) is 14.8. The highest BCUT2D eigenvalue weighted by molar-refractivity contribution is 5.85. The summed E-state index contributed by atoms with van der Waals surface area (Å²) < 4.78 is 21.9. The fourth-order valence-electron chi connectivity index (χ4n) is 6.32. The third-order valence-electron chi connectivity index (χ3n) is 8.40. The van der Waals surface area contributed by atoms with E-state index in [9.17, 15) is 4.79 Å². The standard InChI is InChI=1S/C18H22N4O3.C13H14N4O.2ClH/c1-17(2,3)25-16(23)21-11-7-18(8-12-21)14-6-10-20-22(14)13-5-4-9-19-15(13)24-18;1-2-10-12(15-6-1)18-13(4-8-14-9-5-13)11-3-7-16-17(10)11;;/h4-6,9-10H,7-8,11-12H2,1-3H3;1-3,6-7,14H,4-5,8-9H2;2*1H. The number of amides is 1. The molecule has 8 rings (SSSR count). The van der Waals surface area contributed by atoms with E-state index in [1.165, 1.54) is 0 Å². The third-order valence-corrected chi connectivity index (χ3v) is 8.40. The average Bonchev–Trinajstić information content (AvgIpc) is 3.70. The van der Waals surface area contributed by atoms with Gasteiger partial charge in [-0.15, -0.1) is 24.8 Å². The topological polar surface area (TPSA) is 121 Å². The quantitative estimate of drug-likeness (QED) is 0.280. The van der Waals surface area contributed by atoms with Gasteiger partial charge in [-0.25, -0.2) is 24.1 Å². The van der Waals surface area contributed by atoms with Gasteiger partial charge in [-0.2, -0.15) is 10.2 Å². The lowest BCUT2D eigenvalue weighted by Crippen LogP contribution is -2.51. The van der Waals surface area contributed by atoms with Crippen molar-refractivity contribution in [1.82, 2.24) is 39.7 Å². The molecular formula is C31H38Cl2N8O4. The van der Waals surface area contributed by atoms with E-state index < -0.39 is 11.2 Å². The molecule has 0 unspecified atom stereocenters. The number of likely N-dealkylation sites (tertiary alicyclic amines) is 1. The van der Waals surface area contributed by atoms with E-state index in [2.05, 4.69) is 31.5 Å². The summed E-state index contributed by atoms with van der Waals surface area (Å²) in [6.45, 7) is 8.70. The molecule has 2 spiro atoms. The Labute approximate surface area is 274 Å². The average molecular weight is 658 g/mol. The smallest absolute Gasteiger partial charge is 0.410 e. The molecule has 4 aromatic rings. The number of fused-ring (bicyclic) bond motifs is 8. The molecule has 0 aromatic carbocycles. The van der Waals surface area contributed by atoms with Crippen molar-refractivity contribution in [3.63, 3.8) is 0 Å². The van der Waals surface area contributed by atoms with E-state index in [0.717, 1.165) is 48.7 Å². The lowest BCUT2D eigenvalue weighted by Gasteiger charge is -2.43. The molecule has 0 atom stereocenters. The zero-order valence-electron chi connectivity index (χ0n) is 25.5. The number of ether oxygens (including phenoxy) is 3. The first kappa shape index (κ1) is 32.5. The highest BCUT2D eigenvalue weighted by Gasteiger charge is 2.46. The summed E-state index contributed by atoms with van der Waals surface area (Å²) in [6.07, 6.45) is 10.1. The van der Waals surface area contributed by atoms with Gasteiger partial charge in [-0.1, -0.05) is 0 Å². The summed E-state index contributed by atoms with van der Waals surface area (Å²) in [7, 11) is 0. The monoisotopic (exact) mass is 656 g/mol. The highest BCUT2D eigenvalue weighted by Crippen LogP contribution is 2.44. The van der Waals surface area contributed by atoms with Crippen LogP contribution in [-0.4, -0.2) is 72.3 Å². The van der Waals surface area contributed by atoms with Gasteiger partial charge in [0, 0.05) is 63.6 Å². The second kappa shape index (κ2) is 12.5. The Morgan fingerprint density at radius 2 is 1.27 bits per heavy atom. The lowest BCUT2D eigenvalue weighted by atomic mass is 9.87. The van der Waals surface area contributed by atoms with Crippen LogP contribution in [0.5, 0.6) is 11.8 Å². The van der Waals surface area contributed by atoms with Gasteiger partial charge in [0.05, 0.1) is 11.4 Å². The number of hydrogen-bond donors (Lipinski definition) is 1. The molecule has 4 aromatic heterocycles. The molecule has 0 aliphatic carbocycles. The molecule has 1 amide bonds. The van der Waals surface area contributed by atoms with Crippen molar-refractivity contribution in [2.45, 2.75) is 63.3 Å². The molecule has 0 radical (unpaired) electrons. The Kier molecular flexibility index (Phi) is 9.03. The maximum atomic E-state index is 12.3. The van der Waals surface area contributed by atoms with Crippen LogP contribution in [0.3, 0.4) is 0 Å². The summed E-state index contributed by atoms with van der Waals surface area (Å²) in [5.41, 5.74) is 2.68. The van der Waals surface area contributed by atoms with E-state index in [1.807, 2.05) is 66.7 Å². The molecule has 45 heavy (non-hydrogen) atoms. The van der Waals surface area contributed by atoms with Crippen LogP contribution >= 0.6 is 24.8 Å². The minimum Gasteiger partial charge on any atom is -0.463 e. The van der Waals surface area contributed by atoms with Crippen LogP contribution in [0.4, 0.5) is 4.79 Å². The van der Waals surface area contributed by atoms with E-state index >= 15 is 0 Å². The minimum absolute atomic E-state index is 0. The van der Waals surface area contributed by atoms with Crippen molar-refractivity contribution in [3.05, 3.63) is 72.6 Å². The Hall–Kier alpha value is -3.87. The van der Waals surface area contributed by atoms with Gasteiger partial charge < -0.3 is 24.4 Å². The first-order chi connectivity index (χ1) is 20.8. The van der Waals surface area contributed by atoms with Gasteiger partial charge in [0.25, 0.3) is 0 Å². The van der Waals surface area contributed by atoms with Crippen LogP contribution in [0.25, 0.3) is 11.4 Å². The van der Waals surface area contributed by atoms with E-state index in [4.69, 9.17) is 14.2 Å². The molecule has 4 aliphatic rings. The van der Waals surface area contributed by atoms with Crippen LogP contribution in [0.2, 0.25) is 0 Å². The molecule has 8 heterocycles. The van der Waals surface area contributed by atoms with Gasteiger partial charge in [0.15, 0.2) is 11.2 Å². The summed E-state index contributed by atoms with van der Waals surface area (Å²) in [4.78, 5) is 22.8. The van der Waals surface area contributed by atoms with Crippen molar-refractivity contribution in [3.8, 4) is 23.1 Å². The molecule has 1 N–H and O–H groups in total. The summed E-state index contributed by atoms with van der Waals surface area (Å²) in [5, 5.41) is 12.2. The maximum absolute atomic E-state index is 12.3. The normalized spacial score (nSPS) is 18.2. The van der Waals surface area contributed by atoms with Crippen molar-refractivity contribution < 1.29 is 19.0 Å². The molecule has 14 heteroatoms. The number of hydrogen-bond acceptors (Lipinski definition) is 9. The van der Waals surface area contributed by atoms with Gasteiger partial charge >= 0.3 is 6.09 Å². The van der Waals surface area contributed by atoms with Crippen molar-refractivity contribution >= 4 is 30.9 Å². The molecule has 2 saturated heterocycles. The molecule has 0 saturated carbocycles. The predicted molar refractivity (Wildman–Crippen MR) is 171 cm³/mol. The number of nitrogens with one attached hydrogen (secondary N) is 1. The van der Waals surface area contributed by atoms with Crippen LogP contribution in [0, 0.1) is 0 Å². The van der Waals surface area contributed by atoms with Gasteiger partial charge in [0.1, 0.15) is 17.0 Å². The number of piperidine rings is 2. The van der Waals surface area contributed by atoms with Gasteiger partial charge in [0.2, 0.25) is 11.8 Å². The molecule has 0 bridgehead atoms. The Morgan fingerprint density at radius 3 is 1.76 bits per heavy atom. The fraction of sp³-hybridized carbons (Fsp3) is 0.452. The molecule has 4 aliphatic heterocycles. The first-order valence-electron chi connectivity index (χ1n) is 14.8. The highest BCUT2D eigenvalue weighted by atomic mass is 35.5. The molecular weight excluding hydrogens is 619 g/mol. The number of halogens is 2. The van der Waals surface area contributed by atoms with Crippen LogP contribution in [0.1, 0.15) is 57.8 Å². The predicted octanol–water partition coefficient (Wildman–Crippen LogP) is 4.97. The van der Waals surface area contributed by atoms with E-state index in [-0.39, 0.29) is 36.5 Å². The molecule has 240 valence electrons. The van der Waals surface area contributed by atoms with Crippen molar-refractivity contribution in [1.29, 1.82) is 0 Å². The second-order valence-corrected chi connectivity index (χ2v) is 12.3. The Balaban J connectivity index is 0.000000178. The summed E-state index contributed by atoms with van der Waals surface area (Å²) in [5.74, 6) is 1.28. The number of pyridine rings is 2. The fourth-order valence-corrected chi connectivity index (χ4v) is 6.32. The van der Waals surface area contributed by atoms with E-state index in [1.54, 1.807) is 23.5 Å². The number of carbonyl (C=O) groups excluding carboxylic acids is 1. The van der Waals surface area contributed by atoms with Gasteiger partial charge in [-0.05, 0) is 70.3 Å². The Morgan fingerprint density at radius 1 is 0.778 bits per heavy atom. The molecule has 2 fully saturated rings. The third kappa shape index (κ3) is 5.94. The van der Waals surface area contributed by atoms with E-state index in [0.29, 0.717) is 37.7 Å². The van der Waals surface area contributed by atoms with Crippen molar-refractivity contribution in [2.75, 3.05) is 26.2 Å². The number of carbonyl (C=O) groups is 1. The summed E-state index contributed by atoms with van der Waals surface area (Å²) in [6, 6.07) is 11.8. The van der Waals surface area contributed by atoms with Crippen LogP contribution in [0.15, 0.2) is 61.2 Å². The summed E-state index contributed by atoms with van der Waals surface area (Å²) >= 11 is 0. The lowest BCUT2D eigenvalue weighted by molar-refractivity contribution is -0.0298. The molecule has 12 nitrogen and oxygen atoms in total. The largest absolute Gasteiger partial charge is 0.463 e. The second-order valence-electron chi connectivity index (χ2n) is 12.3. The van der Waals surface area contributed by atoms with Gasteiger partial charge in [-0.3, -0.25) is 0 Å². The number of rotatable bonds is 0.